The summed E-state index contributed by atoms with van der Waals surface area (Å²) < 4.78 is 9.18. The number of aromatic nitrogens is 4. The van der Waals surface area contributed by atoms with E-state index in [9.17, 15) is 14.4 Å². The molecule has 0 unspecified atom stereocenters. The lowest BCUT2D eigenvalue weighted by atomic mass is 10.2. The summed E-state index contributed by atoms with van der Waals surface area (Å²) in [6.45, 7) is 0.320. The van der Waals surface area contributed by atoms with E-state index in [-0.39, 0.29) is 13.2 Å². The van der Waals surface area contributed by atoms with Crippen molar-refractivity contribution >= 4 is 34.5 Å². The van der Waals surface area contributed by atoms with Crippen molar-refractivity contribution in [2.24, 2.45) is 14.1 Å². The highest BCUT2D eigenvalue weighted by atomic mass is 32.1. The molecule has 8 nitrogen and oxygen atoms in total. The van der Waals surface area contributed by atoms with Crippen molar-refractivity contribution in [3.63, 3.8) is 0 Å². The number of hydrogen-bond donors (Lipinski definition) is 0. The second-order valence-corrected chi connectivity index (χ2v) is 8.00. The zero-order valence-corrected chi connectivity index (χ0v) is 17.8. The van der Waals surface area contributed by atoms with Gasteiger partial charge in [0, 0.05) is 29.9 Å². The van der Waals surface area contributed by atoms with Gasteiger partial charge in [0.15, 0.2) is 11.2 Å². The maximum atomic E-state index is 12.4. The van der Waals surface area contributed by atoms with Crippen LogP contribution in [0.1, 0.15) is 4.88 Å². The zero-order valence-electron chi connectivity index (χ0n) is 17.0. The fraction of sp³-hybridized carbons (Fsp3) is 0.182. The van der Waals surface area contributed by atoms with Gasteiger partial charge in [0.25, 0.3) is 5.56 Å². The normalized spacial score (nSPS) is 11.4. The van der Waals surface area contributed by atoms with E-state index in [0.717, 1.165) is 19.9 Å². The molecule has 4 rings (SSSR count). The second kappa shape index (κ2) is 8.57. The van der Waals surface area contributed by atoms with E-state index >= 15 is 0 Å². The molecule has 0 fully saturated rings. The molecular weight excluding hydrogens is 416 g/mol. The molecule has 0 amide bonds. The molecular formula is C22H20N4O4S. The summed E-state index contributed by atoms with van der Waals surface area (Å²) in [4.78, 5) is 42.7. The second-order valence-electron chi connectivity index (χ2n) is 6.88. The van der Waals surface area contributed by atoms with Gasteiger partial charge in [0.1, 0.15) is 6.61 Å². The lowest BCUT2D eigenvalue weighted by Crippen LogP contribution is -2.37. The smallest absolute Gasteiger partial charge is 0.332 e. The van der Waals surface area contributed by atoms with E-state index < -0.39 is 17.2 Å². The monoisotopic (exact) mass is 436 g/mol. The average Bonchev–Trinajstić information content (AvgIpc) is 3.43. The molecule has 0 aliphatic heterocycles. The van der Waals surface area contributed by atoms with Gasteiger partial charge in [0.2, 0.25) is 0 Å². The van der Waals surface area contributed by atoms with Gasteiger partial charge < -0.3 is 9.30 Å². The third kappa shape index (κ3) is 4.13. The van der Waals surface area contributed by atoms with Gasteiger partial charge in [-0.15, -0.1) is 11.3 Å². The number of imidazole rings is 1. The summed E-state index contributed by atoms with van der Waals surface area (Å²) in [7, 11) is 2.97. The minimum absolute atomic E-state index is 0.0698. The molecule has 0 saturated heterocycles. The van der Waals surface area contributed by atoms with E-state index in [2.05, 4.69) is 4.98 Å². The molecule has 0 radical (unpaired) electrons. The number of aryl methyl sites for hydroxylation is 1. The van der Waals surface area contributed by atoms with Crippen molar-refractivity contribution in [3.05, 3.63) is 80.6 Å². The molecule has 0 atom stereocenters. The Bertz CT molecular complexity index is 1390. The largest absolute Gasteiger partial charge is 0.461 e. The molecule has 4 aromatic rings. The van der Waals surface area contributed by atoms with Gasteiger partial charge in [0.05, 0.1) is 12.9 Å². The zero-order chi connectivity index (χ0) is 22.0. The molecule has 0 aliphatic carbocycles. The van der Waals surface area contributed by atoms with Crippen LogP contribution in [0, 0.1) is 0 Å². The molecule has 9 heteroatoms. The van der Waals surface area contributed by atoms with Gasteiger partial charge in [-0.05, 0) is 23.8 Å². The number of rotatable bonds is 6. The molecule has 0 bridgehead atoms. The summed E-state index contributed by atoms with van der Waals surface area (Å²) in [5, 5.41) is 0. The number of fused-ring (bicyclic) bond motifs is 1. The number of hydrogen-bond acceptors (Lipinski definition) is 6. The lowest BCUT2D eigenvalue weighted by Gasteiger charge is -2.06. The number of carbonyl (C=O) groups is 1. The highest BCUT2D eigenvalue weighted by molar-refractivity contribution is 7.16. The van der Waals surface area contributed by atoms with Crippen molar-refractivity contribution in [2.45, 2.75) is 6.54 Å². The molecule has 3 aromatic heterocycles. The summed E-state index contributed by atoms with van der Waals surface area (Å²) in [5.41, 5.74) is 0.845. The van der Waals surface area contributed by atoms with Crippen LogP contribution in [0.4, 0.5) is 0 Å². The van der Waals surface area contributed by atoms with E-state index in [1.807, 2.05) is 42.5 Å². The standard InChI is InChI=1S/C22H20N4O4S/c1-24-20-19(21(28)25(2)22(24)29)26(14-23-20)12-13-30-18(27)11-9-16-8-10-17(31-16)15-6-4-3-5-7-15/h3-11,14H,12-13H2,1-2H3. The summed E-state index contributed by atoms with van der Waals surface area (Å²) in [5.74, 6) is -0.473. The first-order valence-electron chi connectivity index (χ1n) is 9.56. The molecule has 0 aliphatic rings. The summed E-state index contributed by atoms with van der Waals surface area (Å²) in [6.07, 6.45) is 4.57. The Balaban J connectivity index is 1.39. The number of nitrogens with zero attached hydrogens (tertiary/aromatic N) is 4. The predicted molar refractivity (Wildman–Crippen MR) is 120 cm³/mol. The molecule has 1 aromatic carbocycles. The fourth-order valence-electron chi connectivity index (χ4n) is 3.21. The van der Waals surface area contributed by atoms with E-state index in [1.165, 1.54) is 24.0 Å². The van der Waals surface area contributed by atoms with Crippen LogP contribution in [0.25, 0.3) is 27.7 Å². The van der Waals surface area contributed by atoms with Crippen LogP contribution in [0.15, 0.2) is 64.5 Å². The predicted octanol–water partition coefficient (Wildman–Crippen LogP) is 2.42. The van der Waals surface area contributed by atoms with Crippen LogP contribution in [-0.4, -0.2) is 31.3 Å². The van der Waals surface area contributed by atoms with E-state index in [4.69, 9.17) is 4.74 Å². The van der Waals surface area contributed by atoms with Crippen LogP contribution >= 0.6 is 11.3 Å². The van der Waals surface area contributed by atoms with Crippen LogP contribution in [-0.2, 0) is 30.2 Å². The Kier molecular flexibility index (Phi) is 5.68. The fourth-order valence-corrected chi connectivity index (χ4v) is 4.13. The highest BCUT2D eigenvalue weighted by Crippen LogP contribution is 2.28. The Morgan fingerprint density at radius 1 is 1.10 bits per heavy atom. The maximum absolute atomic E-state index is 12.4. The van der Waals surface area contributed by atoms with Crippen molar-refractivity contribution in [3.8, 4) is 10.4 Å². The number of esters is 1. The first-order valence-corrected chi connectivity index (χ1v) is 10.4. The SMILES string of the molecule is Cn1c(=O)c2c(ncn2CCOC(=O)C=Cc2ccc(-c3ccccc3)s2)n(C)c1=O. The van der Waals surface area contributed by atoms with Gasteiger partial charge in [-0.2, -0.15) is 0 Å². The molecule has 0 saturated carbocycles. The third-order valence-electron chi connectivity index (χ3n) is 4.86. The van der Waals surface area contributed by atoms with Crippen LogP contribution in [0.2, 0.25) is 0 Å². The summed E-state index contributed by atoms with van der Waals surface area (Å²) in [6, 6.07) is 14.0. The van der Waals surface area contributed by atoms with Gasteiger partial charge in [-0.25, -0.2) is 14.6 Å². The number of thiophene rings is 1. The van der Waals surface area contributed by atoms with Crippen LogP contribution in [0.5, 0.6) is 0 Å². The molecule has 31 heavy (non-hydrogen) atoms. The van der Waals surface area contributed by atoms with E-state index in [0.29, 0.717) is 11.2 Å². The van der Waals surface area contributed by atoms with Crippen molar-refractivity contribution in [2.75, 3.05) is 6.61 Å². The Morgan fingerprint density at radius 3 is 2.65 bits per heavy atom. The van der Waals surface area contributed by atoms with Crippen molar-refractivity contribution < 1.29 is 9.53 Å². The van der Waals surface area contributed by atoms with Gasteiger partial charge >= 0.3 is 11.7 Å². The first-order chi connectivity index (χ1) is 15.0. The molecule has 0 N–H and O–H groups in total. The Morgan fingerprint density at radius 2 is 1.87 bits per heavy atom. The topological polar surface area (TPSA) is 88.1 Å². The quantitative estimate of drug-likeness (QED) is 0.342. The van der Waals surface area contributed by atoms with Crippen molar-refractivity contribution in [1.29, 1.82) is 0 Å². The highest BCUT2D eigenvalue weighted by Gasteiger charge is 2.14. The Hall–Kier alpha value is -3.72. The number of ether oxygens (including phenoxy) is 1. The minimum atomic E-state index is -0.473. The van der Waals surface area contributed by atoms with Crippen LogP contribution in [0.3, 0.4) is 0 Å². The number of carbonyl (C=O) groups excluding carboxylic acids is 1. The first kappa shape index (κ1) is 20.5. The molecule has 3 heterocycles. The molecule has 0 spiro atoms. The minimum Gasteiger partial charge on any atom is -0.461 e. The molecule has 158 valence electrons. The van der Waals surface area contributed by atoms with Gasteiger partial charge in [-0.3, -0.25) is 13.9 Å². The third-order valence-corrected chi connectivity index (χ3v) is 5.96. The lowest BCUT2D eigenvalue weighted by molar-refractivity contribution is -0.137. The average molecular weight is 436 g/mol. The maximum Gasteiger partial charge on any atom is 0.332 e. The van der Waals surface area contributed by atoms with Gasteiger partial charge in [-0.1, -0.05) is 30.3 Å². The number of benzene rings is 1. The Labute approximate surface area is 181 Å². The summed E-state index contributed by atoms with van der Waals surface area (Å²) >= 11 is 1.58. The van der Waals surface area contributed by atoms with Crippen LogP contribution < -0.4 is 11.2 Å². The van der Waals surface area contributed by atoms with Crippen molar-refractivity contribution in [1.82, 2.24) is 18.7 Å². The van der Waals surface area contributed by atoms with E-state index in [1.54, 1.807) is 29.0 Å².